The number of pyridine rings is 2. The number of fused-ring (bicyclic) bond motifs is 4. The van der Waals surface area contributed by atoms with Gasteiger partial charge in [0.05, 0.1) is 28.2 Å². The van der Waals surface area contributed by atoms with Crippen LogP contribution in [-0.2, 0) is 29.2 Å². The molecule has 0 saturated carbocycles. The summed E-state index contributed by atoms with van der Waals surface area (Å²) in [6, 6.07) is 36.5. The van der Waals surface area contributed by atoms with E-state index in [1.165, 1.54) is 22.8 Å². The van der Waals surface area contributed by atoms with Gasteiger partial charge in [0.25, 0.3) is 11.1 Å². The van der Waals surface area contributed by atoms with Crippen LogP contribution in [0.5, 0.6) is 0 Å². The van der Waals surface area contributed by atoms with Crippen molar-refractivity contribution in [2.75, 3.05) is 5.32 Å². The maximum absolute atomic E-state index is 14.9. The molecule has 2 aliphatic carbocycles. The van der Waals surface area contributed by atoms with Crippen molar-refractivity contribution in [1.29, 1.82) is 0 Å². The first-order valence-corrected chi connectivity index (χ1v) is 21.8. The van der Waals surface area contributed by atoms with Crippen LogP contribution in [0.15, 0.2) is 151 Å². The van der Waals surface area contributed by atoms with Gasteiger partial charge in [0.2, 0.25) is 0 Å². The fraction of sp³-hybridized carbons (Fsp3) is 0.0638. The van der Waals surface area contributed by atoms with Crippen LogP contribution in [0.1, 0.15) is 43.0 Å². The molecule has 2 heterocycles. The maximum atomic E-state index is 14.9. The zero-order valence-corrected chi connectivity index (χ0v) is 35.0. The first-order chi connectivity index (χ1) is 28.4. The summed E-state index contributed by atoms with van der Waals surface area (Å²) in [6.07, 6.45) is 0. The molecule has 288 valence electrons. The van der Waals surface area contributed by atoms with Crippen LogP contribution in [-0.4, -0.2) is 29.1 Å². The number of hydrogen-bond donors (Lipinski definition) is 1. The molecule has 9 nitrogen and oxygen atoms in total. The van der Waals surface area contributed by atoms with Crippen molar-refractivity contribution >= 4 is 86.4 Å². The standard InChI is InChI=1S/C47H29Br2N3O6S/c1-51-37-20-10-26(24-59(57,58)30-17-13-28(49)14-18-30)40-42(37)35(22-39(51)53)31-19-9-25(21-36(31)46(40)55)23-52-38-8-4-7-34-41(38)43(32-5-2-3-6-33(32)45(34)54)44(47(52)56)50-29-15-11-27(48)12-16-29/h2-22,50H,23-24H2,1H3. The van der Waals surface area contributed by atoms with Crippen molar-refractivity contribution in [3.63, 3.8) is 0 Å². The number of nitrogens with zero attached hydrogens (tertiary/aromatic N) is 2. The Kier molecular flexibility index (Phi) is 8.60. The Morgan fingerprint density at radius 2 is 1.27 bits per heavy atom. The van der Waals surface area contributed by atoms with Gasteiger partial charge in [-0.05, 0) is 94.5 Å². The summed E-state index contributed by atoms with van der Waals surface area (Å²) in [5, 5.41) is 4.52. The lowest BCUT2D eigenvalue weighted by atomic mass is 9.81. The van der Waals surface area contributed by atoms with E-state index in [1.807, 2.05) is 54.6 Å². The predicted octanol–water partition coefficient (Wildman–Crippen LogP) is 9.57. The van der Waals surface area contributed by atoms with Crippen LogP contribution in [0.2, 0.25) is 0 Å². The van der Waals surface area contributed by atoms with E-state index in [4.69, 9.17) is 0 Å². The predicted molar refractivity (Wildman–Crippen MR) is 237 cm³/mol. The second kappa shape index (κ2) is 13.7. The lowest BCUT2D eigenvalue weighted by Crippen LogP contribution is -2.27. The molecule has 0 aliphatic heterocycles. The minimum Gasteiger partial charge on any atom is -0.350 e. The third-order valence-corrected chi connectivity index (χ3v) is 14.0. The average Bonchev–Trinajstić information content (AvgIpc) is 3.23. The van der Waals surface area contributed by atoms with Gasteiger partial charge < -0.3 is 14.5 Å². The number of nitrogens with one attached hydrogen (secondary N) is 1. The summed E-state index contributed by atoms with van der Waals surface area (Å²) < 4.78 is 32.2. The van der Waals surface area contributed by atoms with Gasteiger partial charge in [0, 0.05) is 66.3 Å². The minimum atomic E-state index is -3.88. The van der Waals surface area contributed by atoms with Crippen LogP contribution >= 0.6 is 31.9 Å². The van der Waals surface area contributed by atoms with E-state index in [0.717, 1.165) is 8.95 Å². The highest BCUT2D eigenvalue weighted by atomic mass is 79.9. The van der Waals surface area contributed by atoms with Gasteiger partial charge in [-0.15, -0.1) is 0 Å². The number of aryl methyl sites for hydroxylation is 1. The maximum Gasteiger partial charge on any atom is 0.275 e. The molecule has 6 aromatic carbocycles. The molecule has 2 aliphatic rings. The number of carbonyl (C=O) groups is 2. The molecule has 0 amide bonds. The van der Waals surface area contributed by atoms with Crippen molar-refractivity contribution < 1.29 is 18.0 Å². The van der Waals surface area contributed by atoms with E-state index < -0.39 is 15.6 Å². The molecule has 0 radical (unpaired) electrons. The molecule has 0 bridgehead atoms. The topological polar surface area (TPSA) is 124 Å². The highest BCUT2D eigenvalue weighted by Crippen LogP contribution is 2.44. The van der Waals surface area contributed by atoms with Gasteiger partial charge in [-0.1, -0.05) is 86.5 Å². The molecular weight excluding hydrogens is 894 g/mol. The molecule has 59 heavy (non-hydrogen) atoms. The Morgan fingerprint density at radius 3 is 2.02 bits per heavy atom. The number of carbonyl (C=O) groups excluding carboxylic acids is 2. The molecule has 0 spiro atoms. The zero-order valence-electron chi connectivity index (χ0n) is 31.0. The minimum absolute atomic E-state index is 0.0307. The second-order valence-electron chi connectivity index (χ2n) is 14.7. The van der Waals surface area contributed by atoms with Crippen molar-refractivity contribution in [1.82, 2.24) is 9.13 Å². The van der Waals surface area contributed by atoms with Crippen molar-refractivity contribution in [3.05, 3.63) is 190 Å². The summed E-state index contributed by atoms with van der Waals surface area (Å²) in [5.41, 5.74) is 6.17. The van der Waals surface area contributed by atoms with Crippen LogP contribution in [0, 0.1) is 0 Å². The molecule has 8 aromatic rings. The first-order valence-electron chi connectivity index (χ1n) is 18.6. The number of ketones is 2. The highest BCUT2D eigenvalue weighted by molar-refractivity contribution is 9.10. The van der Waals surface area contributed by atoms with Gasteiger partial charge in [-0.3, -0.25) is 19.2 Å². The van der Waals surface area contributed by atoms with E-state index in [1.54, 1.807) is 66.2 Å². The lowest BCUT2D eigenvalue weighted by molar-refractivity contribution is 0.103. The Morgan fingerprint density at radius 1 is 0.593 bits per heavy atom. The van der Waals surface area contributed by atoms with Crippen molar-refractivity contribution in [2.45, 2.75) is 17.2 Å². The summed E-state index contributed by atoms with van der Waals surface area (Å²) in [5.74, 6) is -0.965. The fourth-order valence-electron chi connectivity index (χ4n) is 8.51. The Hall–Kier alpha value is -6.21. The molecule has 0 atom stereocenters. The van der Waals surface area contributed by atoms with Gasteiger partial charge in [-0.2, -0.15) is 0 Å². The van der Waals surface area contributed by atoms with E-state index in [0.29, 0.717) is 77.7 Å². The van der Waals surface area contributed by atoms with Gasteiger partial charge in [-0.25, -0.2) is 8.42 Å². The monoisotopic (exact) mass is 921 g/mol. The quantitative estimate of drug-likeness (QED) is 0.169. The van der Waals surface area contributed by atoms with Gasteiger partial charge in [0.15, 0.2) is 21.4 Å². The summed E-state index contributed by atoms with van der Waals surface area (Å²) in [6.45, 7) is 0.0307. The normalized spacial score (nSPS) is 12.8. The molecule has 0 saturated heterocycles. The summed E-state index contributed by atoms with van der Waals surface area (Å²) in [4.78, 5) is 57.2. The molecular formula is C47H29Br2N3O6S. The van der Waals surface area contributed by atoms with Crippen LogP contribution < -0.4 is 16.4 Å². The lowest BCUT2D eigenvalue weighted by Gasteiger charge is -2.26. The smallest absolute Gasteiger partial charge is 0.275 e. The third kappa shape index (κ3) is 5.88. The second-order valence-corrected chi connectivity index (χ2v) is 18.5. The summed E-state index contributed by atoms with van der Waals surface area (Å²) >= 11 is 6.84. The van der Waals surface area contributed by atoms with Gasteiger partial charge >= 0.3 is 0 Å². The number of rotatable bonds is 7. The number of benzene rings is 6. The largest absolute Gasteiger partial charge is 0.350 e. The Balaban J connectivity index is 1.15. The number of sulfone groups is 1. The fourth-order valence-corrected chi connectivity index (χ4v) is 10.4. The molecule has 1 N–H and O–H groups in total. The molecule has 12 heteroatoms. The van der Waals surface area contributed by atoms with E-state index in [9.17, 15) is 27.6 Å². The number of anilines is 2. The number of hydrogen-bond acceptors (Lipinski definition) is 7. The average molecular weight is 924 g/mol. The van der Waals surface area contributed by atoms with Gasteiger partial charge in [0.1, 0.15) is 5.69 Å². The van der Waals surface area contributed by atoms with Crippen LogP contribution in [0.3, 0.4) is 0 Å². The van der Waals surface area contributed by atoms with E-state index in [2.05, 4.69) is 37.2 Å². The number of halogens is 2. The Bertz CT molecular complexity index is 3430. The molecule has 10 rings (SSSR count). The van der Waals surface area contributed by atoms with Crippen LogP contribution in [0.4, 0.5) is 11.4 Å². The summed E-state index contributed by atoms with van der Waals surface area (Å²) in [7, 11) is -2.26. The molecule has 2 aromatic heterocycles. The molecule has 0 unspecified atom stereocenters. The first kappa shape index (κ1) is 37.1. The zero-order chi connectivity index (χ0) is 40.9. The molecule has 0 fully saturated rings. The highest BCUT2D eigenvalue weighted by Gasteiger charge is 2.33. The van der Waals surface area contributed by atoms with Crippen molar-refractivity contribution in [3.8, 4) is 22.3 Å². The number of aromatic nitrogens is 2. The van der Waals surface area contributed by atoms with E-state index >= 15 is 0 Å². The Labute approximate surface area is 353 Å². The van der Waals surface area contributed by atoms with Crippen molar-refractivity contribution in [2.24, 2.45) is 7.05 Å². The van der Waals surface area contributed by atoms with Crippen LogP contribution in [0.25, 0.3) is 44.1 Å². The third-order valence-electron chi connectivity index (χ3n) is 11.3. The van der Waals surface area contributed by atoms with E-state index in [-0.39, 0.29) is 45.3 Å². The SMILES string of the molecule is Cn1c(=O)cc2c3c(c(CS(=O)(=O)c4ccc(Br)cc4)ccc31)C(=O)c1cc(Cn3c(=O)c(Nc4ccc(Br)cc4)c4c5c(cccc53)C(=O)c3ccccc3-4)ccc1-2.